The zero-order valence-electron chi connectivity index (χ0n) is 17.9. The van der Waals surface area contributed by atoms with Crippen molar-refractivity contribution in [2.75, 3.05) is 6.54 Å². The standard InChI is InChI=1S/C24H25N3O6/c28-17-8-9-19-18(12-17)16(13-25-19)11-20(22(29)27-10-4-7-21(27)23(30)31)26-24(32)33-14-15-5-2-1-3-6-15/h1-3,5-6,8-9,12-13,20-21,25,28H,4,7,10-11,14H2,(H,26,32)(H,30,31)/t20-,21-/m0/s1. The van der Waals surface area contributed by atoms with Crippen molar-refractivity contribution in [3.63, 3.8) is 0 Å². The number of alkyl carbamates (subject to hydrolysis) is 1. The van der Waals surface area contributed by atoms with E-state index in [0.29, 0.717) is 30.3 Å². The van der Waals surface area contributed by atoms with Crippen LogP contribution in [0.2, 0.25) is 0 Å². The predicted octanol–water partition coefficient (Wildman–Crippen LogP) is 2.79. The molecule has 3 aromatic rings. The van der Waals surface area contributed by atoms with Crippen LogP contribution < -0.4 is 5.32 Å². The third-order valence-corrected chi connectivity index (χ3v) is 5.80. The normalized spacial score (nSPS) is 16.5. The number of aliphatic carboxylic acids is 1. The van der Waals surface area contributed by atoms with E-state index < -0.39 is 30.1 Å². The number of aromatic nitrogens is 1. The number of fused-ring (bicyclic) bond motifs is 1. The molecule has 0 spiro atoms. The number of carbonyl (C=O) groups excluding carboxylic acids is 2. The van der Waals surface area contributed by atoms with Crippen molar-refractivity contribution in [1.82, 2.24) is 15.2 Å². The number of rotatable bonds is 7. The van der Waals surface area contributed by atoms with Gasteiger partial charge in [0.25, 0.3) is 0 Å². The van der Waals surface area contributed by atoms with E-state index in [-0.39, 0.29) is 18.8 Å². The molecule has 0 aliphatic carbocycles. The summed E-state index contributed by atoms with van der Waals surface area (Å²) < 4.78 is 5.29. The number of carboxylic acids is 1. The molecule has 2 amide bonds. The number of likely N-dealkylation sites (tertiary alicyclic amines) is 1. The van der Waals surface area contributed by atoms with Gasteiger partial charge in [-0.3, -0.25) is 4.79 Å². The Morgan fingerprint density at radius 2 is 1.97 bits per heavy atom. The van der Waals surface area contributed by atoms with Crippen LogP contribution in [0, 0.1) is 0 Å². The number of benzene rings is 2. The summed E-state index contributed by atoms with van der Waals surface area (Å²) >= 11 is 0. The Morgan fingerprint density at radius 1 is 1.18 bits per heavy atom. The number of ether oxygens (including phenoxy) is 1. The number of H-pyrrole nitrogens is 1. The Hall–Kier alpha value is -4.01. The van der Waals surface area contributed by atoms with Gasteiger partial charge in [0.2, 0.25) is 5.91 Å². The first-order valence-corrected chi connectivity index (χ1v) is 10.7. The van der Waals surface area contributed by atoms with E-state index >= 15 is 0 Å². The minimum absolute atomic E-state index is 0.0377. The zero-order valence-corrected chi connectivity index (χ0v) is 17.9. The number of hydrogen-bond acceptors (Lipinski definition) is 5. The van der Waals surface area contributed by atoms with Gasteiger partial charge in [-0.1, -0.05) is 30.3 Å². The van der Waals surface area contributed by atoms with Gasteiger partial charge in [-0.2, -0.15) is 0 Å². The minimum atomic E-state index is -1.07. The molecule has 2 atom stereocenters. The summed E-state index contributed by atoms with van der Waals surface area (Å²) in [4.78, 5) is 41.9. The molecule has 33 heavy (non-hydrogen) atoms. The lowest BCUT2D eigenvalue weighted by atomic mass is 10.0. The first kappa shape index (κ1) is 22.2. The second kappa shape index (κ2) is 9.64. The van der Waals surface area contributed by atoms with Crippen molar-refractivity contribution in [2.24, 2.45) is 0 Å². The summed E-state index contributed by atoms with van der Waals surface area (Å²) in [7, 11) is 0. The summed E-state index contributed by atoms with van der Waals surface area (Å²) in [6.07, 6.45) is 1.99. The third kappa shape index (κ3) is 5.08. The fourth-order valence-corrected chi connectivity index (χ4v) is 4.15. The van der Waals surface area contributed by atoms with Crippen molar-refractivity contribution in [2.45, 2.75) is 38.0 Å². The highest BCUT2D eigenvalue weighted by Crippen LogP contribution is 2.25. The van der Waals surface area contributed by atoms with E-state index in [0.717, 1.165) is 11.1 Å². The summed E-state index contributed by atoms with van der Waals surface area (Å²) in [5.74, 6) is -1.47. The quantitative estimate of drug-likeness (QED) is 0.437. The van der Waals surface area contributed by atoms with Gasteiger partial charge in [0.15, 0.2) is 0 Å². The lowest BCUT2D eigenvalue weighted by Crippen LogP contribution is -2.52. The average Bonchev–Trinajstić information content (AvgIpc) is 3.45. The van der Waals surface area contributed by atoms with Crippen LogP contribution in [0.3, 0.4) is 0 Å². The third-order valence-electron chi connectivity index (χ3n) is 5.80. The highest BCUT2D eigenvalue weighted by Gasteiger charge is 2.38. The van der Waals surface area contributed by atoms with Crippen molar-refractivity contribution < 1.29 is 29.3 Å². The Balaban J connectivity index is 1.54. The highest BCUT2D eigenvalue weighted by molar-refractivity contribution is 5.91. The highest BCUT2D eigenvalue weighted by atomic mass is 16.5. The van der Waals surface area contributed by atoms with Crippen LogP contribution in [0.5, 0.6) is 5.75 Å². The van der Waals surface area contributed by atoms with Gasteiger partial charge in [-0.05, 0) is 42.2 Å². The number of nitrogens with zero attached hydrogens (tertiary/aromatic N) is 1. The molecular formula is C24H25N3O6. The number of carboxylic acid groups (broad SMARTS) is 1. The Kier molecular flexibility index (Phi) is 6.48. The number of aromatic hydroxyl groups is 1. The molecule has 0 bridgehead atoms. The van der Waals surface area contributed by atoms with Gasteiger partial charge in [0, 0.05) is 30.1 Å². The van der Waals surface area contributed by atoms with Crippen LogP contribution in [0.15, 0.2) is 54.7 Å². The smallest absolute Gasteiger partial charge is 0.408 e. The maximum absolute atomic E-state index is 13.3. The molecule has 0 radical (unpaired) electrons. The summed E-state index contributed by atoms with van der Waals surface area (Å²) in [5, 5.41) is 22.7. The van der Waals surface area contributed by atoms with Crippen LogP contribution in [0.4, 0.5) is 4.79 Å². The molecular weight excluding hydrogens is 426 g/mol. The minimum Gasteiger partial charge on any atom is -0.508 e. The van der Waals surface area contributed by atoms with Gasteiger partial charge in [0.05, 0.1) is 0 Å². The molecule has 172 valence electrons. The van der Waals surface area contributed by atoms with Crippen LogP contribution in [-0.4, -0.2) is 56.7 Å². The van der Waals surface area contributed by atoms with Crippen LogP contribution in [0.1, 0.15) is 24.0 Å². The number of carbonyl (C=O) groups is 3. The molecule has 1 aliphatic heterocycles. The predicted molar refractivity (Wildman–Crippen MR) is 120 cm³/mol. The molecule has 1 aromatic heterocycles. The Labute approximate surface area is 190 Å². The summed E-state index contributed by atoms with van der Waals surface area (Å²) in [6, 6.07) is 12.0. The van der Waals surface area contributed by atoms with Crippen molar-refractivity contribution in [3.8, 4) is 5.75 Å². The molecule has 4 rings (SSSR count). The largest absolute Gasteiger partial charge is 0.508 e. The molecule has 9 heteroatoms. The van der Waals surface area contributed by atoms with Crippen molar-refractivity contribution in [1.29, 1.82) is 0 Å². The maximum Gasteiger partial charge on any atom is 0.408 e. The SMILES string of the molecule is O=C(N[C@@H](Cc1c[nH]c2ccc(O)cc12)C(=O)N1CCC[C@H]1C(=O)O)OCc1ccccc1. The Bertz CT molecular complexity index is 1160. The second-order valence-electron chi connectivity index (χ2n) is 8.03. The molecule has 2 aromatic carbocycles. The number of aromatic amines is 1. The van der Waals surface area contributed by atoms with Crippen molar-refractivity contribution in [3.05, 3.63) is 65.9 Å². The van der Waals surface area contributed by atoms with E-state index in [1.165, 1.54) is 4.90 Å². The van der Waals surface area contributed by atoms with Gasteiger partial charge in [-0.25, -0.2) is 9.59 Å². The van der Waals surface area contributed by atoms with Gasteiger partial charge < -0.3 is 30.2 Å². The van der Waals surface area contributed by atoms with Gasteiger partial charge in [-0.15, -0.1) is 0 Å². The zero-order chi connectivity index (χ0) is 23.4. The van der Waals surface area contributed by atoms with Gasteiger partial charge >= 0.3 is 12.1 Å². The monoisotopic (exact) mass is 451 g/mol. The first-order valence-electron chi connectivity index (χ1n) is 10.7. The number of hydrogen-bond donors (Lipinski definition) is 4. The molecule has 0 unspecified atom stereocenters. The lowest BCUT2D eigenvalue weighted by Gasteiger charge is -2.27. The number of nitrogens with one attached hydrogen (secondary N) is 2. The van der Waals surface area contributed by atoms with E-state index in [4.69, 9.17) is 4.74 Å². The van der Waals surface area contributed by atoms with Crippen LogP contribution in [-0.2, 0) is 27.4 Å². The van der Waals surface area contributed by atoms with Crippen LogP contribution >= 0.6 is 0 Å². The van der Waals surface area contributed by atoms with Gasteiger partial charge in [0.1, 0.15) is 24.4 Å². The molecule has 1 fully saturated rings. The topological polar surface area (TPSA) is 132 Å². The average molecular weight is 451 g/mol. The second-order valence-corrected chi connectivity index (χ2v) is 8.03. The molecule has 1 saturated heterocycles. The van der Waals surface area contributed by atoms with E-state index in [9.17, 15) is 24.6 Å². The molecule has 9 nitrogen and oxygen atoms in total. The number of phenolic OH excluding ortho intramolecular Hbond substituents is 1. The Morgan fingerprint density at radius 3 is 2.73 bits per heavy atom. The molecule has 1 aliphatic rings. The fourth-order valence-electron chi connectivity index (χ4n) is 4.15. The number of phenols is 1. The molecule has 2 heterocycles. The molecule has 0 saturated carbocycles. The number of amides is 2. The van der Waals surface area contributed by atoms with E-state index in [2.05, 4.69) is 10.3 Å². The first-order chi connectivity index (χ1) is 15.9. The molecule has 4 N–H and O–H groups in total. The van der Waals surface area contributed by atoms with Crippen LogP contribution in [0.25, 0.3) is 10.9 Å². The van der Waals surface area contributed by atoms with Crippen molar-refractivity contribution >= 4 is 28.9 Å². The van der Waals surface area contributed by atoms with E-state index in [1.54, 1.807) is 24.4 Å². The summed E-state index contributed by atoms with van der Waals surface area (Å²) in [6.45, 7) is 0.345. The maximum atomic E-state index is 13.3. The fraction of sp³-hybridized carbons (Fsp3) is 0.292. The summed E-state index contributed by atoms with van der Waals surface area (Å²) in [5.41, 5.74) is 2.27. The van der Waals surface area contributed by atoms with E-state index in [1.807, 2.05) is 30.3 Å². The lowest BCUT2D eigenvalue weighted by molar-refractivity contribution is -0.148.